The minimum atomic E-state index is -3.91. The van der Waals surface area contributed by atoms with Gasteiger partial charge in [0, 0.05) is 0 Å². The number of carboxylic acids is 1. The zero-order valence-electron chi connectivity index (χ0n) is 9.50. The molecule has 2 rings (SSSR count). The molecule has 0 aromatic heterocycles. The number of hydrogen-bond donors (Lipinski definition) is 2. The van der Waals surface area contributed by atoms with Crippen molar-refractivity contribution < 1.29 is 23.1 Å². The summed E-state index contributed by atoms with van der Waals surface area (Å²) in [6, 6.07) is 3.58. The Morgan fingerprint density at radius 1 is 1.44 bits per heavy atom. The van der Waals surface area contributed by atoms with Crippen LogP contribution in [0.1, 0.15) is 23.2 Å². The zero-order valence-corrected chi connectivity index (χ0v) is 10.3. The number of benzene rings is 1. The van der Waals surface area contributed by atoms with Crippen LogP contribution in [-0.2, 0) is 10.0 Å². The van der Waals surface area contributed by atoms with Crippen molar-refractivity contribution in [2.75, 3.05) is 6.61 Å². The van der Waals surface area contributed by atoms with E-state index in [1.165, 1.54) is 12.1 Å². The standard InChI is InChI=1S/C11H13NO5S/c12-18(15,16)8-3-4-10(9(5-8)11(13)14)17-6-7-1-2-7/h3-5,7H,1-2,6H2,(H,13,14)(H2,12,15,16). The molecule has 0 amide bonds. The number of carbonyl (C=O) groups is 1. The van der Waals surface area contributed by atoms with Crippen LogP contribution in [0.15, 0.2) is 23.1 Å². The van der Waals surface area contributed by atoms with Crippen molar-refractivity contribution >= 4 is 16.0 Å². The molecule has 1 aliphatic carbocycles. The van der Waals surface area contributed by atoms with E-state index >= 15 is 0 Å². The average molecular weight is 271 g/mol. The predicted molar refractivity (Wildman–Crippen MR) is 63.0 cm³/mol. The van der Waals surface area contributed by atoms with Crippen molar-refractivity contribution in [3.63, 3.8) is 0 Å². The summed E-state index contributed by atoms with van der Waals surface area (Å²) in [4.78, 5) is 10.8. The van der Waals surface area contributed by atoms with Crippen LogP contribution in [0.2, 0.25) is 0 Å². The topological polar surface area (TPSA) is 107 Å². The number of carboxylic acid groups (broad SMARTS) is 1. The molecule has 18 heavy (non-hydrogen) atoms. The number of sulfonamides is 1. The highest BCUT2D eigenvalue weighted by molar-refractivity contribution is 7.89. The quantitative estimate of drug-likeness (QED) is 0.824. The maximum absolute atomic E-state index is 11.1. The van der Waals surface area contributed by atoms with Crippen molar-refractivity contribution in [3.8, 4) is 5.75 Å². The third-order valence-corrected chi connectivity index (χ3v) is 3.59. The number of nitrogens with two attached hydrogens (primary N) is 1. The molecular weight excluding hydrogens is 258 g/mol. The molecule has 1 aromatic carbocycles. The fraction of sp³-hybridized carbons (Fsp3) is 0.364. The molecule has 1 aliphatic rings. The lowest BCUT2D eigenvalue weighted by molar-refractivity contribution is 0.0691. The van der Waals surface area contributed by atoms with Crippen molar-refractivity contribution in [1.29, 1.82) is 0 Å². The van der Waals surface area contributed by atoms with E-state index in [0.717, 1.165) is 18.9 Å². The highest BCUT2D eigenvalue weighted by atomic mass is 32.2. The van der Waals surface area contributed by atoms with E-state index in [0.29, 0.717) is 12.5 Å². The zero-order chi connectivity index (χ0) is 13.3. The van der Waals surface area contributed by atoms with Gasteiger partial charge < -0.3 is 9.84 Å². The fourth-order valence-corrected chi connectivity index (χ4v) is 2.01. The molecule has 3 N–H and O–H groups in total. The van der Waals surface area contributed by atoms with Crippen LogP contribution < -0.4 is 9.88 Å². The van der Waals surface area contributed by atoms with Gasteiger partial charge in [-0.25, -0.2) is 18.4 Å². The average Bonchev–Trinajstić information content (AvgIpc) is 3.08. The van der Waals surface area contributed by atoms with E-state index in [2.05, 4.69) is 0 Å². The smallest absolute Gasteiger partial charge is 0.339 e. The van der Waals surface area contributed by atoms with E-state index in [1.807, 2.05) is 0 Å². The van der Waals surface area contributed by atoms with E-state index in [1.54, 1.807) is 0 Å². The molecule has 1 fully saturated rings. The van der Waals surface area contributed by atoms with Crippen molar-refractivity contribution in [3.05, 3.63) is 23.8 Å². The highest BCUT2D eigenvalue weighted by Crippen LogP contribution is 2.30. The summed E-state index contributed by atoms with van der Waals surface area (Å²) in [5.41, 5.74) is -0.192. The van der Waals surface area contributed by atoms with Crippen molar-refractivity contribution in [2.24, 2.45) is 11.1 Å². The van der Waals surface area contributed by atoms with Gasteiger partial charge in [-0.15, -0.1) is 0 Å². The number of hydrogen-bond acceptors (Lipinski definition) is 4. The Hall–Kier alpha value is -1.60. The van der Waals surface area contributed by atoms with E-state index < -0.39 is 16.0 Å². The van der Waals surface area contributed by atoms with Gasteiger partial charge in [0.25, 0.3) is 0 Å². The minimum Gasteiger partial charge on any atom is -0.492 e. The van der Waals surface area contributed by atoms with Crippen LogP contribution >= 0.6 is 0 Å². The lowest BCUT2D eigenvalue weighted by Gasteiger charge is -2.09. The third kappa shape index (κ3) is 2.99. The number of aromatic carboxylic acids is 1. The minimum absolute atomic E-state index is 0.168. The second-order valence-corrected chi connectivity index (χ2v) is 5.82. The van der Waals surface area contributed by atoms with Gasteiger partial charge in [0.2, 0.25) is 10.0 Å². The number of primary sulfonamides is 1. The van der Waals surface area contributed by atoms with Gasteiger partial charge in [-0.1, -0.05) is 0 Å². The monoisotopic (exact) mass is 271 g/mol. The van der Waals surface area contributed by atoms with Crippen LogP contribution in [0.5, 0.6) is 5.75 Å². The lowest BCUT2D eigenvalue weighted by atomic mass is 10.2. The van der Waals surface area contributed by atoms with Gasteiger partial charge in [-0.2, -0.15) is 0 Å². The number of rotatable bonds is 5. The largest absolute Gasteiger partial charge is 0.492 e. The van der Waals surface area contributed by atoms with E-state index in [-0.39, 0.29) is 16.2 Å². The van der Waals surface area contributed by atoms with Gasteiger partial charge in [-0.3, -0.25) is 0 Å². The van der Waals surface area contributed by atoms with Gasteiger partial charge in [0.15, 0.2) is 0 Å². The molecule has 7 heteroatoms. The first-order valence-electron chi connectivity index (χ1n) is 5.41. The first kappa shape index (κ1) is 12.8. The summed E-state index contributed by atoms with van der Waals surface area (Å²) >= 11 is 0. The Bertz CT molecular complexity index is 577. The highest BCUT2D eigenvalue weighted by Gasteiger charge is 2.23. The summed E-state index contributed by atoms with van der Waals surface area (Å²) in [6.07, 6.45) is 2.16. The summed E-state index contributed by atoms with van der Waals surface area (Å²) in [5, 5.41) is 14.0. The maximum atomic E-state index is 11.1. The molecule has 98 valence electrons. The van der Waals surface area contributed by atoms with Gasteiger partial charge >= 0.3 is 5.97 Å². The van der Waals surface area contributed by atoms with Gasteiger partial charge in [-0.05, 0) is 37.0 Å². The predicted octanol–water partition coefficient (Wildman–Crippen LogP) is 0.821. The second-order valence-electron chi connectivity index (χ2n) is 4.26. The lowest BCUT2D eigenvalue weighted by Crippen LogP contribution is -2.14. The Balaban J connectivity index is 2.31. The van der Waals surface area contributed by atoms with Crippen LogP contribution in [0, 0.1) is 5.92 Å². The molecule has 0 unspecified atom stereocenters. The molecule has 0 bridgehead atoms. The summed E-state index contributed by atoms with van der Waals surface area (Å²) < 4.78 is 27.7. The van der Waals surface area contributed by atoms with Crippen LogP contribution in [0.4, 0.5) is 0 Å². The Labute approximate surface area is 104 Å². The molecule has 0 radical (unpaired) electrons. The molecular formula is C11H13NO5S. The molecule has 0 heterocycles. The van der Waals surface area contributed by atoms with Gasteiger partial charge in [0.1, 0.15) is 11.3 Å². The first-order valence-corrected chi connectivity index (χ1v) is 6.95. The SMILES string of the molecule is NS(=O)(=O)c1ccc(OCC2CC2)c(C(=O)O)c1. The number of ether oxygens (including phenoxy) is 1. The van der Waals surface area contributed by atoms with Gasteiger partial charge in [0.05, 0.1) is 11.5 Å². The van der Waals surface area contributed by atoms with Crippen LogP contribution in [0.25, 0.3) is 0 Å². The van der Waals surface area contributed by atoms with Crippen LogP contribution in [0.3, 0.4) is 0 Å². The third-order valence-electron chi connectivity index (χ3n) is 2.68. The summed E-state index contributed by atoms with van der Waals surface area (Å²) in [6.45, 7) is 0.453. The van der Waals surface area contributed by atoms with Crippen molar-refractivity contribution in [1.82, 2.24) is 0 Å². The van der Waals surface area contributed by atoms with E-state index in [4.69, 9.17) is 15.0 Å². The molecule has 1 aromatic rings. The fourth-order valence-electron chi connectivity index (χ4n) is 1.47. The van der Waals surface area contributed by atoms with E-state index in [9.17, 15) is 13.2 Å². The maximum Gasteiger partial charge on any atom is 0.339 e. The second kappa shape index (κ2) is 4.58. The van der Waals surface area contributed by atoms with Crippen LogP contribution in [-0.4, -0.2) is 26.1 Å². The Morgan fingerprint density at radius 3 is 2.61 bits per heavy atom. The summed E-state index contributed by atoms with van der Waals surface area (Å²) in [7, 11) is -3.91. The Kier molecular flexibility index (Phi) is 3.27. The van der Waals surface area contributed by atoms with Crippen molar-refractivity contribution in [2.45, 2.75) is 17.7 Å². The Morgan fingerprint density at radius 2 is 2.11 bits per heavy atom. The summed E-state index contributed by atoms with van der Waals surface area (Å²) in [5.74, 6) is -0.599. The molecule has 0 aliphatic heterocycles. The molecule has 6 nitrogen and oxygen atoms in total. The molecule has 1 saturated carbocycles. The molecule has 0 saturated heterocycles. The molecule has 0 atom stereocenters. The normalized spacial score (nSPS) is 15.4. The molecule has 0 spiro atoms. The first-order chi connectivity index (χ1) is 8.38.